The van der Waals surface area contributed by atoms with Gasteiger partial charge in [-0.25, -0.2) is 0 Å². The second kappa shape index (κ2) is 7.26. The van der Waals surface area contributed by atoms with Crippen molar-refractivity contribution >= 4 is 0 Å². The molecule has 0 saturated heterocycles. The Morgan fingerprint density at radius 3 is 2.35 bits per heavy atom. The summed E-state index contributed by atoms with van der Waals surface area (Å²) in [6, 6.07) is 0.583. The number of rotatable bonds is 5. The molecule has 2 rings (SSSR count). The molecule has 0 radical (unpaired) electrons. The lowest BCUT2D eigenvalue weighted by atomic mass is 9.70. The Kier molecular flexibility index (Phi) is 5.92. The average Bonchev–Trinajstić information content (AvgIpc) is 2.89. The van der Waals surface area contributed by atoms with E-state index in [2.05, 4.69) is 33.0 Å². The molecule has 2 aliphatic rings. The molecule has 2 aliphatic carbocycles. The van der Waals surface area contributed by atoms with E-state index >= 15 is 0 Å². The molecule has 20 heavy (non-hydrogen) atoms. The first-order valence-corrected chi connectivity index (χ1v) is 8.85. The van der Waals surface area contributed by atoms with Gasteiger partial charge in [-0.3, -0.25) is 0 Å². The van der Waals surface area contributed by atoms with Crippen LogP contribution < -0.4 is 5.32 Å². The summed E-state index contributed by atoms with van der Waals surface area (Å²) in [7, 11) is 0. The van der Waals surface area contributed by atoms with Crippen molar-refractivity contribution in [2.24, 2.45) is 17.3 Å². The highest BCUT2D eigenvalue weighted by atomic mass is 16.5. The maximum Gasteiger partial charge on any atom is 0.0731 e. The summed E-state index contributed by atoms with van der Waals surface area (Å²) in [5, 5.41) is 3.66. The van der Waals surface area contributed by atoms with Gasteiger partial charge in [0.1, 0.15) is 0 Å². The minimum absolute atomic E-state index is 0.423. The topological polar surface area (TPSA) is 21.3 Å². The van der Waals surface area contributed by atoms with E-state index in [-0.39, 0.29) is 0 Å². The van der Waals surface area contributed by atoms with Crippen LogP contribution in [0.15, 0.2) is 0 Å². The van der Waals surface area contributed by atoms with E-state index in [9.17, 15) is 0 Å². The summed E-state index contributed by atoms with van der Waals surface area (Å²) < 4.78 is 6.39. The van der Waals surface area contributed by atoms with Crippen LogP contribution in [0.1, 0.15) is 72.6 Å². The van der Waals surface area contributed by atoms with Gasteiger partial charge >= 0.3 is 0 Å². The molecule has 0 aromatic carbocycles. The van der Waals surface area contributed by atoms with Gasteiger partial charge in [-0.1, -0.05) is 40.5 Å². The molecule has 3 atom stereocenters. The molecular formula is C18H35NO. The molecule has 2 saturated carbocycles. The third kappa shape index (κ3) is 4.46. The van der Waals surface area contributed by atoms with Crippen molar-refractivity contribution in [1.82, 2.24) is 5.32 Å². The molecule has 0 heterocycles. The second-order valence-electron chi connectivity index (χ2n) is 8.06. The lowest BCUT2D eigenvalue weighted by Gasteiger charge is -2.42. The molecule has 0 spiro atoms. The van der Waals surface area contributed by atoms with E-state index in [4.69, 9.17) is 4.74 Å². The van der Waals surface area contributed by atoms with Crippen molar-refractivity contribution in [3.05, 3.63) is 0 Å². The van der Waals surface area contributed by atoms with Gasteiger partial charge in [0.05, 0.1) is 6.10 Å². The van der Waals surface area contributed by atoms with Crippen molar-refractivity contribution < 1.29 is 4.74 Å². The number of likely N-dealkylation sites (N-methyl/N-ethyl adjacent to an activating group) is 1. The minimum atomic E-state index is 0.423. The first-order chi connectivity index (χ1) is 9.50. The van der Waals surface area contributed by atoms with Crippen LogP contribution in [-0.4, -0.2) is 25.3 Å². The number of ether oxygens (including phenoxy) is 1. The van der Waals surface area contributed by atoms with Crippen molar-refractivity contribution in [3.63, 3.8) is 0 Å². The van der Waals surface area contributed by atoms with Crippen LogP contribution in [0.5, 0.6) is 0 Å². The minimum Gasteiger partial charge on any atom is -0.376 e. The third-order valence-electron chi connectivity index (χ3n) is 5.50. The summed E-state index contributed by atoms with van der Waals surface area (Å²) in [6.45, 7) is 11.4. The van der Waals surface area contributed by atoms with E-state index in [0.29, 0.717) is 17.6 Å². The quantitative estimate of drug-likeness (QED) is 0.807. The average molecular weight is 281 g/mol. The van der Waals surface area contributed by atoms with Gasteiger partial charge < -0.3 is 10.1 Å². The molecule has 0 bridgehead atoms. The highest BCUT2D eigenvalue weighted by Crippen LogP contribution is 2.39. The molecule has 0 amide bonds. The third-order valence-corrected chi connectivity index (χ3v) is 5.50. The van der Waals surface area contributed by atoms with Crippen molar-refractivity contribution in [3.8, 4) is 0 Å². The van der Waals surface area contributed by atoms with Gasteiger partial charge in [0.2, 0.25) is 0 Å². The number of nitrogens with one attached hydrogen (secondary N) is 1. The summed E-state index contributed by atoms with van der Waals surface area (Å²) in [4.78, 5) is 0. The number of hydrogen-bond donors (Lipinski definition) is 1. The Morgan fingerprint density at radius 2 is 1.75 bits per heavy atom. The van der Waals surface area contributed by atoms with Gasteiger partial charge in [-0.2, -0.15) is 0 Å². The van der Waals surface area contributed by atoms with Gasteiger partial charge in [-0.05, 0) is 55.9 Å². The SMILES string of the molecule is CCNC1CCC(C(C)(C)C)CC1OCC1CCCC1. The fourth-order valence-corrected chi connectivity index (χ4v) is 4.03. The molecule has 3 unspecified atom stereocenters. The Morgan fingerprint density at radius 1 is 1.05 bits per heavy atom. The molecule has 1 N–H and O–H groups in total. The molecule has 0 aromatic rings. The van der Waals surface area contributed by atoms with Crippen molar-refractivity contribution in [2.45, 2.75) is 84.8 Å². The normalized spacial score (nSPS) is 32.7. The van der Waals surface area contributed by atoms with Crippen LogP contribution in [-0.2, 0) is 4.74 Å². The van der Waals surface area contributed by atoms with Crippen LogP contribution in [0.25, 0.3) is 0 Å². The molecule has 0 aliphatic heterocycles. The van der Waals surface area contributed by atoms with Crippen LogP contribution in [0, 0.1) is 17.3 Å². The summed E-state index contributed by atoms with van der Waals surface area (Å²) in [5.41, 5.74) is 0.423. The summed E-state index contributed by atoms with van der Waals surface area (Å²) >= 11 is 0. The lowest BCUT2D eigenvalue weighted by molar-refractivity contribution is -0.0396. The zero-order valence-electron chi connectivity index (χ0n) is 14.1. The zero-order chi connectivity index (χ0) is 14.6. The second-order valence-corrected chi connectivity index (χ2v) is 8.06. The van der Waals surface area contributed by atoms with E-state index in [1.165, 1.54) is 44.9 Å². The molecule has 2 nitrogen and oxygen atoms in total. The largest absolute Gasteiger partial charge is 0.376 e. The highest BCUT2D eigenvalue weighted by Gasteiger charge is 2.36. The fraction of sp³-hybridized carbons (Fsp3) is 1.00. The van der Waals surface area contributed by atoms with Crippen LogP contribution in [0.4, 0.5) is 0 Å². The Balaban J connectivity index is 1.88. The van der Waals surface area contributed by atoms with Gasteiger partial charge in [0.15, 0.2) is 0 Å². The van der Waals surface area contributed by atoms with Crippen molar-refractivity contribution in [1.29, 1.82) is 0 Å². The Hall–Kier alpha value is -0.0800. The fourth-order valence-electron chi connectivity index (χ4n) is 4.03. The first-order valence-electron chi connectivity index (χ1n) is 8.85. The number of hydrogen-bond acceptors (Lipinski definition) is 2. The van der Waals surface area contributed by atoms with Gasteiger partial charge in [-0.15, -0.1) is 0 Å². The van der Waals surface area contributed by atoms with Crippen LogP contribution in [0.3, 0.4) is 0 Å². The van der Waals surface area contributed by atoms with Gasteiger partial charge in [0.25, 0.3) is 0 Å². The summed E-state index contributed by atoms with van der Waals surface area (Å²) in [6.07, 6.45) is 9.93. The molecule has 2 heteroatoms. The van der Waals surface area contributed by atoms with Gasteiger partial charge in [0, 0.05) is 12.6 Å². The maximum atomic E-state index is 6.39. The van der Waals surface area contributed by atoms with Crippen LogP contribution in [0.2, 0.25) is 0 Å². The predicted molar refractivity (Wildman–Crippen MR) is 86.0 cm³/mol. The Labute approximate surface area is 126 Å². The molecule has 0 aromatic heterocycles. The van der Waals surface area contributed by atoms with E-state index in [1.807, 2.05) is 0 Å². The Bertz CT molecular complexity index is 278. The standard InChI is InChI=1S/C18H35NO/c1-5-19-16-11-10-15(18(2,3)4)12-17(16)20-13-14-8-6-7-9-14/h14-17,19H,5-13H2,1-4H3. The van der Waals surface area contributed by atoms with Crippen molar-refractivity contribution in [2.75, 3.05) is 13.2 Å². The van der Waals surface area contributed by atoms with E-state index < -0.39 is 0 Å². The molecular weight excluding hydrogens is 246 g/mol. The lowest BCUT2D eigenvalue weighted by Crippen LogP contribution is -2.47. The first kappa shape index (κ1) is 16.3. The van der Waals surface area contributed by atoms with Crippen LogP contribution >= 0.6 is 0 Å². The summed E-state index contributed by atoms with van der Waals surface area (Å²) in [5.74, 6) is 1.65. The monoisotopic (exact) mass is 281 g/mol. The highest BCUT2D eigenvalue weighted by molar-refractivity contribution is 4.90. The molecule has 2 fully saturated rings. The smallest absolute Gasteiger partial charge is 0.0731 e. The zero-order valence-corrected chi connectivity index (χ0v) is 14.1. The van der Waals surface area contributed by atoms with E-state index in [1.54, 1.807) is 0 Å². The maximum absolute atomic E-state index is 6.39. The predicted octanol–water partition coefficient (Wildman–Crippen LogP) is 4.39. The molecule has 118 valence electrons. The van der Waals surface area contributed by atoms with E-state index in [0.717, 1.165) is 25.0 Å².